The molecule has 0 saturated carbocycles. The summed E-state index contributed by atoms with van der Waals surface area (Å²) in [5, 5.41) is 0. The van der Waals surface area contributed by atoms with Crippen molar-refractivity contribution in [2.75, 3.05) is 0 Å². The molecule has 3 aromatic rings. The molecule has 21 heavy (non-hydrogen) atoms. The van der Waals surface area contributed by atoms with Gasteiger partial charge >= 0.3 is 5.69 Å². The molecule has 3 aromatic heterocycles. The van der Waals surface area contributed by atoms with E-state index in [1.165, 1.54) is 11.6 Å². The Morgan fingerprint density at radius 3 is 2.48 bits per heavy atom. The van der Waals surface area contributed by atoms with Crippen molar-refractivity contribution in [3.05, 3.63) is 32.7 Å². The molecule has 0 amide bonds. The van der Waals surface area contributed by atoms with E-state index in [0.717, 1.165) is 16.8 Å². The Hall–Kier alpha value is -2.31. The van der Waals surface area contributed by atoms with Crippen molar-refractivity contribution in [2.24, 2.45) is 20.0 Å². The number of aromatic nitrogens is 5. The van der Waals surface area contributed by atoms with Crippen molar-refractivity contribution < 1.29 is 0 Å². The molecule has 0 fully saturated rings. The van der Waals surface area contributed by atoms with Crippen LogP contribution in [0.5, 0.6) is 0 Å². The van der Waals surface area contributed by atoms with Crippen LogP contribution in [-0.2, 0) is 20.6 Å². The van der Waals surface area contributed by atoms with E-state index in [0.29, 0.717) is 22.9 Å². The maximum atomic E-state index is 12.4. The summed E-state index contributed by atoms with van der Waals surface area (Å²) < 4.78 is 6.40. The molecule has 0 aliphatic heterocycles. The van der Waals surface area contributed by atoms with Crippen LogP contribution in [0.1, 0.15) is 19.5 Å². The third-order valence-electron chi connectivity index (χ3n) is 3.80. The molecule has 7 nitrogen and oxygen atoms in total. The van der Waals surface area contributed by atoms with Gasteiger partial charge < -0.3 is 4.57 Å². The first-order chi connectivity index (χ1) is 9.82. The summed E-state index contributed by atoms with van der Waals surface area (Å²) in [6.45, 7) is 7.08. The molecular weight excluding hydrogens is 270 g/mol. The number of aryl methyl sites for hydroxylation is 2. The van der Waals surface area contributed by atoms with E-state index >= 15 is 0 Å². The Bertz CT molecular complexity index is 967. The fourth-order valence-electron chi connectivity index (χ4n) is 2.72. The van der Waals surface area contributed by atoms with Crippen molar-refractivity contribution in [3.8, 4) is 0 Å². The van der Waals surface area contributed by atoms with Gasteiger partial charge in [0.05, 0.1) is 0 Å². The van der Waals surface area contributed by atoms with Gasteiger partial charge in [0.25, 0.3) is 5.56 Å². The maximum absolute atomic E-state index is 12.4. The van der Waals surface area contributed by atoms with E-state index < -0.39 is 0 Å². The molecular formula is C14H19N5O2. The van der Waals surface area contributed by atoms with E-state index in [9.17, 15) is 9.59 Å². The molecule has 0 aliphatic rings. The van der Waals surface area contributed by atoms with E-state index in [2.05, 4.69) is 23.4 Å². The second kappa shape index (κ2) is 4.34. The highest BCUT2D eigenvalue weighted by molar-refractivity contribution is 5.75. The van der Waals surface area contributed by atoms with Crippen molar-refractivity contribution >= 4 is 16.9 Å². The number of hydrogen-bond donors (Lipinski definition) is 0. The highest BCUT2D eigenvalue weighted by Gasteiger charge is 2.19. The first-order valence-electron chi connectivity index (χ1n) is 6.96. The van der Waals surface area contributed by atoms with Gasteiger partial charge in [-0.05, 0) is 12.8 Å². The summed E-state index contributed by atoms with van der Waals surface area (Å²) in [4.78, 5) is 28.9. The Balaban J connectivity index is 2.51. The number of rotatable bonds is 2. The Morgan fingerprint density at radius 2 is 1.86 bits per heavy atom. The van der Waals surface area contributed by atoms with Gasteiger partial charge in [-0.2, -0.15) is 4.98 Å². The van der Waals surface area contributed by atoms with Crippen molar-refractivity contribution in [2.45, 2.75) is 27.3 Å². The summed E-state index contributed by atoms with van der Waals surface area (Å²) in [6.07, 6.45) is 1.90. The van der Waals surface area contributed by atoms with Gasteiger partial charge in [0.2, 0.25) is 5.78 Å². The van der Waals surface area contributed by atoms with E-state index in [1.54, 1.807) is 11.4 Å². The number of imidazole rings is 2. The molecule has 112 valence electrons. The van der Waals surface area contributed by atoms with Crippen LogP contribution >= 0.6 is 0 Å². The summed E-state index contributed by atoms with van der Waals surface area (Å²) in [5.74, 6) is 1.17. The molecule has 0 aromatic carbocycles. The molecule has 3 rings (SSSR count). The lowest BCUT2D eigenvalue weighted by Gasteiger charge is -2.08. The van der Waals surface area contributed by atoms with Crippen molar-refractivity contribution in [1.29, 1.82) is 0 Å². The lowest BCUT2D eigenvalue weighted by molar-refractivity contribution is 0.524. The molecule has 0 atom stereocenters. The van der Waals surface area contributed by atoms with Crippen LogP contribution in [0.15, 0.2) is 15.8 Å². The average Bonchev–Trinajstić information content (AvgIpc) is 2.91. The minimum absolute atomic E-state index is 0.317. The summed E-state index contributed by atoms with van der Waals surface area (Å²) in [6, 6.07) is 0. The second-order valence-electron chi connectivity index (χ2n) is 5.93. The van der Waals surface area contributed by atoms with E-state index in [1.807, 2.05) is 13.1 Å². The molecule has 0 bridgehead atoms. The zero-order valence-electron chi connectivity index (χ0n) is 12.9. The van der Waals surface area contributed by atoms with Crippen LogP contribution in [0, 0.1) is 12.8 Å². The van der Waals surface area contributed by atoms with Gasteiger partial charge in [0.1, 0.15) is 0 Å². The monoisotopic (exact) mass is 289 g/mol. The molecule has 3 heterocycles. The Kier molecular flexibility index (Phi) is 2.82. The van der Waals surface area contributed by atoms with E-state index in [4.69, 9.17) is 0 Å². The summed E-state index contributed by atoms with van der Waals surface area (Å²) >= 11 is 0. The fraction of sp³-hybridized carbons (Fsp3) is 0.500. The first-order valence-corrected chi connectivity index (χ1v) is 6.96. The second-order valence-corrected chi connectivity index (χ2v) is 5.93. The zero-order valence-corrected chi connectivity index (χ0v) is 12.9. The van der Waals surface area contributed by atoms with Crippen LogP contribution in [0.25, 0.3) is 16.9 Å². The highest BCUT2D eigenvalue weighted by Crippen LogP contribution is 2.17. The predicted octanol–water partition coefficient (Wildman–Crippen LogP) is 0.651. The summed E-state index contributed by atoms with van der Waals surface area (Å²) in [5.41, 5.74) is 1.24. The zero-order chi connectivity index (χ0) is 15.5. The Morgan fingerprint density at radius 1 is 1.19 bits per heavy atom. The van der Waals surface area contributed by atoms with Gasteiger partial charge in [-0.15, -0.1) is 0 Å². The number of fused-ring (bicyclic) bond motifs is 3. The molecule has 0 unspecified atom stereocenters. The van der Waals surface area contributed by atoms with Gasteiger partial charge in [-0.3, -0.25) is 18.3 Å². The van der Waals surface area contributed by atoms with Gasteiger partial charge in [-0.1, -0.05) is 13.8 Å². The molecule has 7 heteroatoms. The van der Waals surface area contributed by atoms with Crippen LogP contribution in [0.4, 0.5) is 0 Å². The average molecular weight is 289 g/mol. The molecule has 0 N–H and O–H groups in total. The molecule has 0 radical (unpaired) electrons. The smallest absolute Gasteiger partial charge is 0.314 e. The van der Waals surface area contributed by atoms with Crippen molar-refractivity contribution in [1.82, 2.24) is 23.1 Å². The van der Waals surface area contributed by atoms with Gasteiger partial charge in [-0.25, -0.2) is 4.79 Å². The maximum Gasteiger partial charge on any atom is 0.332 e. The van der Waals surface area contributed by atoms with Crippen LogP contribution < -0.4 is 11.2 Å². The van der Waals surface area contributed by atoms with Crippen molar-refractivity contribution in [3.63, 3.8) is 0 Å². The van der Waals surface area contributed by atoms with Crippen LogP contribution in [-0.4, -0.2) is 23.1 Å². The standard InChI is InChI=1S/C14H19N5O2/c1-8(2)6-18-9(3)7-19-10-11(15-13(18)19)16(4)14(21)17(5)12(10)20/h7-8H,6H2,1-5H3. The largest absolute Gasteiger partial charge is 0.332 e. The van der Waals surface area contributed by atoms with Gasteiger partial charge in [0, 0.05) is 32.5 Å². The number of hydrogen-bond acceptors (Lipinski definition) is 3. The molecule has 0 aliphatic carbocycles. The third kappa shape index (κ3) is 1.76. The minimum Gasteiger partial charge on any atom is -0.314 e. The molecule has 0 saturated heterocycles. The fourth-order valence-corrected chi connectivity index (χ4v) is 2.72. The summed E-state index contributed by atoms with van der Waals surface area (Å²) in [7, 11) is 3.12. The van der Waals surface area contributed by atoms with E-state index in [-0.39, 0.29) is 11.2 Å². The quantitative estimate of drug-likeness (QED) is 0.696. The van der Waals surface area contributed by atoms with Crippen LogP contribution in [0.3, 0.4) is 0 Å². The van der Waals surface area contributed by atoms with Gasteiger partial charge in [0.15, 0.2) is 11.2 Å². The first kappa shape index (κ1) is 13.7. The third-order valence-corrected chi connectivity index (χ3v) is 3.80. The lowest BCUT2D eigenvalue weighted by Crippen LogP contribution is -2.37. The SMILES string of the molecule is Cc1cn2c3c(=O)n(C)c(=O)n(C)c3nc2n1CC(C)C. The molecule has 0 spiro atoms. The topological polar surface area (TPSA) is 66.2 Å². The van der Waals surface area contributed by atoms with Crippen LogP contribution in [0.2, 0.25) is 0 Å². The highest BCUT2D eigenvalue weighted by atomic mass is 16.2. The lowest BCUT2D eigenvalue weighted by atomic mass is 10.2. The minimum atomic E-state index is -0.361. The Labute approximate surface area is 121 Å². The normalized spacial score (nSPS) is 12.1. The predicted molar refractivity (Wildman–Crippen MR) is 80.7 cm³/mol. The number of nitrogens with zero attached hydrogens (tertiary/aromatic N) is 5.